The maximum Gasteiger partial charge on any atom is 0.127 e. The van der Waals surface area contributed by atoms with E-state index in [2.05, 4.69) is 58.1 Å². The van der Waals surface area contributed by atoms with Crippen LogP contribution in [0.5, 0.6) is 0 Å². The molecule has 0 saturated carbocycles. The lowest BCUT2D eigenvalue weighted by Gasteiger charge is -2.18. The standard InChI is InChI=1S/C14H12Br3FN2/c1-19-13(14-11(17)5-10(16)7-20-14)4-8-2-3-9(15)6-12(8)18/h2-3,5-7,13,19H,4H2,1H3. The summed E-state index contributed by atoms with van der Waals surface area (Å²) in [5, 5.41) is 3.18. The lowest BCUT2D eigenvalue weighted by Crippen LogP contribution is -2.21. The van der Waals surface area contributed by atoms with Gasteiger partial charge in [0, 0.05) is 19.6 Å². The van der Waals surface area contributed by atoms with E-state index in [0.717, 1.165) is 19.1 Å². The molecule has 1 atom stereocenters. The number of hydrogen-bond donors (Lipinski definition) is 1. The summed E-state index contributed by atoms with van der Waals surface area (Å²) in [6, 6.07) is 6.98. The third-order valence-electron chi connectivity index (χ3n) is 2.95. The lowest BCUT2D eigenvalue weighted by molar-refractivity contribution is 0.542. The van der Waals surface area contributed by atoms with Crippen LogP contribution in [0.2, 0.25) is 0 Å². The van der Waals surface area contributed by atoms with E-state index in [1.165, 1.54) is 6.07 Å². The summed E-state index contributed by atoms with van der Waals surface area (Å²) in [5.41, 5.74) is 1.52. The first-order chi connectivity index (χ1) is 9.51. The van der Waals surface area contributed by atoms with Crippen LogP contribution in [0.3, 0.4) is 0 Å². The molecule has 0 saturated heterocycles. The third kappa shape index (κ3) is 3.87. The van der Waals surface area contributed by atoms with E-state index in [9.17, 15) is 4.39 Å². The molecule has 20 heavy (non-hydrogen) atoms. The highest BCUT2D eigenvalue weighted by atomic mass is 79.9. The molecule has 0 amide bonds. The molecule has 0 aliphatic rings. The van der Waals surface area contributed by atoms with E-state index in [1.807, 2.05) is 19.2 Å². The number of pyridine rings is 1. The topological polar surface area (TPSA) is 24.9 Å². The number of aromatic nitrogens is 1. The molecule has 0 bridgehead atoms. The van der Waals surface area contributed by atoms with Crippen molar-refractivity contribution in [2.75, 3.05) is 7.05 Å². The van der Waals surface area contributed by atoms with Crippen LogP contribution in [0.1, 0.15) is 17.3 Å². The Labute approximate surface area is 142 Å². The van der Waals surface area contributed by atoms with Crippen molar-refractivity contribution >= 4 is 47.8 Å². The minimum atomic E-state index is -0.215. The fourth-order valence-corrected chi connectivity index (χ4v) is 3.52. The maximum atomic E-state index is 13.9. The highest BCUT2D eigenvalue weighted by Gasteiger charge is 2.17. The fraction of sp³-hybridized carbons (Fsp3) is 0.214. The molecule has 0 aliphatic carbocycles. The molecule has 1 N–H and O–H groups in total. The molecule has 1 heterocycles. The average molecular weight is 467 g/mol. The molecule has 1 aromatic heterocycles. The van der Waals surface area contributed by atoms with Gasteiger partial charge in [-0.2, -0.15) is 0 Å². The molecule has 0 radical (unpaired) electrons. The van der Waals surface area contributed by atoms with E-state index >= 15 is 0 Å². The molecule has 2 rings (SSSR count). The first-order valence-corrected chi connectivity index (χ1v) is 8.31. The Morgan fingerprint density at radius 3 is 2.55 bits per heavy atom. The minimum Gasteiger partial charge on any atom is -0.311 e. The molecule has 0 aliphatic heterocycles. The number of likely N-dealkylation sites (N-methyl/N-ethyl adjacent to an activating group) is 1. The van der Waals surface area contributed by atoms with Gasteiger partial charge in [-0.3, -0.25) is 4.98 Å². The van der Waals surface area contributed by atoms with E-state index in [0.29, 0.717) is 12.0 Å². The number of benzene rings is 1. The molecule has 6 heteroatoms. The smallest absolute Gasteiger partial charge is 0.127 e. The number of nitrogens with one attached hydrogen (secondary N) is 1. The lowest BCUT2D eigenvalue weighted by atomic mass is 10.0. The highest BCUT2D eigenvalue weighted by molar-refractivity contribution is 9.11. The van der Waals surface area contributed by atoms with E-state index < -0.39 is 0 Å². The van der Waals surface area contributed by atoms with Gasteiger partial charge in [0.2, 0.25) is 0 Å². The van der Waals surface area contributed by atoms with Gasteiger partial charge in [-0.05, 0) is 69.1 Å². The van der Waals surface area contributed by atoms with Gasteiger partial charge in [0.1, 0.15) is 5.82 Å². The molecule has 0 fully saturated rings. The summed E-state index contributed by atoms with van der Waals surface area (Å²) in [6.45, 7) is 0. The van der Waals surface area contributed by atoms with Crippen LogP contribution in [0.25, 0.3) is 0 Å². The van der Waals surface area contributed by atoms with Crippen molar-refractivity contribution in [1.82, 2.24) is 10.3 Å². The molecule has 106 valence electrons. The van der Waals surface area contributed by atoms with Gasteiger partial charge >= 0.3 is 0 Å². The Bertz CT molecular complexity index is 619. The van der Waals surface area contributed by atoms with Crippen molar-refractivity contribution in [3.05, 3.63) is 61.0 Å². The molecule has 0 spiro atoms. The SMILES string of the molecule is CNC(Cc1ccc(Br)cc1F)c1ncc(Br)cc1Br. The van der Waals surface area contributed by atoms with Gasteiger partial charge in [-0.15, -0.1) is 0 Å². The number of hydrogen-bond acceptors (Lipinski definition) is 2. The minimum absolute atomic E-state index is 0.0619. The van der Waals surface area contributed by atoms with Crippen LogP contribution in [-0.2, 0) is 6.42 Å². The van der Waals surface area contributed by atoms with E-state index in [4.69, 9.17) is 0 Å². The fourth-order valence-electron chi connectivity index (χ4n) is 1.92. The third-order valence-corrected chi connectivity index (χ3v) is 4.52. The summed E-state index contributed by atoms with van der Waals surface area (Å²) in [7, 11) is 1.84. The first-order valence-electron chi connectivity index (χ1n) is 5.93. The Morgan fingerprint density at radius 2 is 1.95 bits per heavy atom. The van der Waals surface area contributed by atoms with Gasteiger partial charge < -0.3 is 5.32 Å². The van der Waals surface area contributed by atoms with E-state index in [-0.39, 0.29) is 11.9 Å². The molecular weight excluding hydrogens is 455 g/mol. The summed E-state index contributed by atoms with van der Waals surface area (Å²) in [5.74, 6) is -0.215. The first kappa shape index (κ1) is 16.1. The second-order valence-corrected chi connectivity index (χ2v) is 6.99. The van der Waals surface area contributed by atoms with Gasteiger partial charge in [-0.1, -0.05) is 22.0 Å². The molecule has 1 unspecified atom stereocenters. The second-order valence-electron chi connectivity index (χ2n) is 4.30. The summed E-state index contributed by atoms with van der Waals surface area (Å²) < 4.78 is 16.5. The van der Waals surface area contributed by atoms with Crippen LogP contribution >= 0.6 is 47.8 Å². The summed E-state index contributed by atoms with van der Waals surface area (Å²) in [4.78, 5) is 4.40. The normalized spacial score (nSPS) is 12.4. The van der Waals surface area contributed by atoms with Crippen LogP contribution in [-0.4, -0.2) is 12.0 Å². The van der Waals surface area contributed by atoms with Crippen LogP contribution in [0, 0.1) is 5.82 Å². The number of nitrogens with zero attached hydrogens (tertiary/aromatic N) is 1. The molecular formula is C14H12Br3FN2. The van der Waals surface area contributed by atoms with Gasteiger partial charge in [0.05, 0.1) is 11.7 Å². The van der Waals surface area contributed by atoms with Crippen LogP contribution in [0.15, 0.2) is 43.9 Å². The highest BCUT2D eigenvalue weighted by Crippen LogP contribution is 2.27. The summed E-state index contributed by atoms with van der Waals surface area (Å²) in [6.07, 6.45) is 2.27. The largest absolute Gasteiger partial charge is 0.311 e. The van der Waals surface area contributed by atoms with Crippen molar-refractivity contribution in [2.24, 2.45) is 0 Å². The molecule has 1 aromatic carbocycles. The Balaban J connectivity index is 2.28. The number of halogens is 4. The van der Waals surface area contributed by atoms with Crippen molar-refractivity contribution in [1.29, 1.82) is 0 Å². The van der Waals surface area contributed by atoms with Crippen molar-refractivity contribution in [3.63, 3.8) is 0 Å². The zero-order valence-electron chi connectivity index (χ0n) is 10.6. The van der Waals surface area contributed by atoms with Gasteiger partial charge in [0.15, 0.2) is 0 Å². The average Bonchev–Trinajstić information content (AvgIpc) is 2.39. The zero-order chi connectivity index (χ0) is 14.7. The number of rotatable bonds is 4. The Hall–Kier alpha value is -0.300. The molecule has 2 aromatic rings. The second kappa shape index (κ2) is 7.11. The van der Waals surface area contributed by atoms with Gasteiger partial charge in [0.25, 0.3) is 0 Å². The predicted molar refractivity (Wildman–Crippen MR) is 89.2 cm³/mol. The van der Waals surface area contributed by atoms with Gasteiger partial charge in [-0.25, -0.2) is 4.39 Å². The summed E-state index contributed by atoms with van der Waals surface area (Å²) >= 11 is 10.1. The predicted octanol–water partition coefficient (Wildman–Crippen LogP) is 5.01. The monoisotopic (exact) mass is 464 g/mol. The Kier molecular flexibility index (Phi) is 5.72. The Morgan fingerprint density at radius 1 is 1.20 bits per heavy atom. The van der Waals surface area contributed by atoms with Crippen molar-refractivity contribution in [3.8, 4) is 0 Å². The van der Waals surface area contributed by atoms with Crippen LogP contribution < -0.4 is 5.32 Å². The van der Waals surface area contributed by atoms with Crippen molar-refractivity contribution in [2.45, 2.75) is 12.5 Å². The van der Waals surface area contributed by atoms with Crippen LogP contribution in [0.4, 0.5) is 4.39 Å². The molecule has 2 nitrogen and oxygen atoms in total. The van der Waals surface area contributed by atoms with E-state index in [1.54, 1.807) is 12.3 Å². The van der Waals surface area contributed by atoms with Crippen molar-refractivity contribution < 1.29 is 4.39 Å². The quantitative estimate of drug-likeness (QED) is 0.685. The zero-order valence-corrected chi connectivity index (χ0v) is 15.4. The maximum absolute atomic E-state index is 13.9.